The summed E-state index contributed by atoms with van der Waals surface area (Å²) in [5.41, 5.74) is 2.56. The smallest absolute Gasteiger partial charge is 0.0552 e. The second-order valence-corrected chi connectivity index (χ2v) is 3.42. The van der Waals surface area contributed by atoms with Crippen LogP contribution in [0.3, 0.4) is 0 Å². The van der Waals surface area contributed by atoms with Crippen LogP contribution in [-0.4, -0.2) is 6.04 Å². The van der Waals surface area contributed by atoms with Gasteiger partial charge in [0, 0.05) is 6.04 Å². The van der Waals surface area contributed by atoms with Crippen LogP contribution in [0.25, 0.3) is 0 Å². The highest BCUT2D eigenvalue weighted by atomic mass is 15.4. The Morgan fingerprint density at radius 1 is 1.42 bits per heavy atom. The largest absolute Gasteiger partial charge is 0.308 e. The maximum Gasteiger partial charge on any atom is 0.0552 e. The van der Waals surface area contributed by atoms with Crippen molar-refractivity contribution in [1.29, 1.82) is 0 Å². The molecule has 1 atom stereocenters. The lowest BCUT2D eigenvalue weighted by molar-refractivity contribution is 0.574. The van der Waals surface area contributed by atoms with Gasteiger partial charge in [-0.3, -0.25) is 0 Å². The highest BCUT2D eigenvalue weighted by Crippen LogP contribution is 2.27. The van der Waals surface area contributed by atoms with Crippen molar-refractivity contribution in [3.8, 4) is 0 Å². The van der Waals surface area contributed by atoms with E-state index >= 15 is 0 Å². The van der Waals surface area contributed by atoms with Crippen molar-refractivity contribution in [3.05, 3.63) is 29.8 Å². The Kier molecular flexibility index (Phi) is 1.77. The maximum atomic E-state index is 5.92. The summed E-state index contributed by atoms with van der Waals surface area (Å²) in [6.45, 7) is 2.16. The van der Waals surface area contributed by atoms with Crippen LogP contribution in [0.2, 0.25) is 0 Å². The van der Waals surface area contributed by atoms with E-state index in [1.165, 1.54) is 11.3 Å². The number of fused-ring (bicyclic) bond motifs is 1. The first kappa shape index (κ1) is 7.62. The molecule has 2 N–H and O–H groups in total. The van der Waals surface area contributed by atoms with E-state index in [0.29, 0.717) is 6.04 Å². The Bertz CT molecular complexity index is 283. The molecule has 1 aliphatic heterocycles. The minimum absolute atomic E-state index is 0.472. The molecule has 0 amide bonds. The summed E-state index contributed by atoms with van der Waals surface area (Å²) in [6, 6.07) is 8.82. The third-order valence-electron chi connectivity index (χ3n) is 2.58. The second kappa shape index (κ2) is 2.79. The third kappa shape index (κ3) is 1.08. The maximum absolute atomic E-state index is 5.92. The summed E-state index contributed by atoms with van der Waals surface area (Å²) in [6.07, 6.45) is 2.32. The predicted octanol–water partition coefficient (Wildman–Crippen LogP) is 1.70. The molecule has 0 saturated heterocycles. The summed E-state index contributed by atoms with van der Waals surface area (Å²) in [4.78, 5) is 0. The van der Waals surface area contributed by atoms with Crippen molar-refractivity contribution >= 4 is 5.69 Å². The van der Waals surface area contributed by atoms with Crippen molar-refractivity contribution in [2.24, 2.45) is 5.84 Å². The normalized spacial score (nSPS) is 22.2. The van der Waals surface area contributed by atoms with Gasteiger partial charge in [-0.05, 0) is 31.4 Å². The lowest BCUT2D eigenvalue weighted by Crippen LogP contribution is -2.42. The third-order valence-corrected chi connectivity index (χ3v) is 2.58. The van der Waals surface area contributed by atoms with E-state index in [9.17, 15) is 0 Å². The molecule has 0 aliphatic carbocycles. The zero-order chi connectivity index (χ0) is 8.55. The summed E-state index contributed by atoms with van der Waals surface area (Å²) >= 11 is 0. The lowest BCUT2D eigenvalue weighted by atomic mass is 9.98. The van der Waals surface area contributed by atoms with Gasteiger partial charge in [0.15, 0.2) is 0 Å². The summed E-state index contributed by atoms with van der Waals surface area (Å²) in [5, 5.41) is 1.87. The Balaban J connectivity index is 2.42. The molecule has 0 spiro atoms. The highest BCUT2D eigenvalue weighted by molar-refractivity contribution is 5.54. The number of benzene rings is 1. The predicted molar refractivity (Wildman–Crippen MR) is 50.9 cm³/mol. The van der Waals surface area contributed by atoms with Crippen LogP contribution in [0.4, 0.5) is 5.69 Å². The molecule has 12 heavy (non-hydrogen) atoms. The fraction of sp³-hybridized carbons (Fsp3) is 0.400. The van der Waals surface area contributed by atoms with Crippen LogP contribution >= 0.6 is 0 Å². The zero-order valence-electron chi connectivity index (χ0n) is 7.33. The molecule has 0 aromatic heterocycles. The Morgan fingerprint density at radius 2 is 2.17 bits per heavy atom. The van der Waals surface area contributed by atoms with E-state index in [2.05, 4.69) is 25.1 Å². The van der Waals surface area contributed by atoms with Crippen LogP contribution in [0.5, 0.6) is 0 Å². The fourth-order valence-corrected chi connectivity index (χ4v) is 1.72. The standard InChI is InChI=1S/C10H14N2/c1-8-6-7-9-4-2-3-5-10(9)12(8)11/h2-5,8H,6-7,11H2,1H3. The van der Waals surface area contributed by atoms with E-state index in [0.717, 1.165) is 12.8 Å². The molecular weight excluding hydrogens is 148 g/mol. The van der Waals surface area contributed by atoms with Crippen LogP contribution in [0.15, 0.2) is 24.3 Å². The van der Waals surface area contributed by atoms with Crippen molar-refractivity contribution in [1.82, 2.24) is 0 Å². The highest BCUT2D eigenvalue weighted by Gasteiger charge is 2.19. The molecule has 2 nitrogen and oxygen atoms in total. The second-order valence-electron chi connectivity index (χ2n) is 3.42. The van der Waals surface area contributed by atoms with Gasteiger partial charge >= 0.3 is 0 Å². The number of hydrogen-bond acceptors (Lipinski definition) is 2. The molecule has 0 saturated carbocycles. The van der Waals surface area contributed by atoms with E-state index in [1.807, 2.05) is 11.1 Å². The molecule has 64 valence electrons. The van der Waals surface area contributed by atoms with Gasteiger partial charge in [-0.1, -0.05) is 18.2 Å². The Hall–Kier alpha value is -1.02. The monoisotopic (exact) mass is 162 g/mol. The number of anilines is 1. The molecule has 1 heterocycles. The van der Waals surface area contributed by atoms with Crippen LogP contribution in [0.1, 0.15) is 18.9 Å². The first-order valence-electron chi connectivity index (χ1n) is 4.41. The molecule has 1 aromatic rings. The molecule has 0 fully saturated rings. The van der Waals surface area contributed by atoms with Crippen LogP contribution < -0.4 is 10.9 Å². The number of rotatable bonds is 0. The molecule has 1 unspecified atom stereocenters. The summed E-state index contributed by atoms with van der Waals surface area (Å²) < 4.78 is 0. The molecule has 2 rings (SSSR count). The molecule has 1 aromatic carbocycles. The van der Waals surface area contributed by atoms with Gasteiger partial charge in [-0.15, -0.1) is 0 Å². The average molecular weight is 162 g/mol. The van der Waals surface area contributed by atoms with Gasteiger partial charge in [0.1, 0.15) is 0 Å². The van der Waals surface area contributed by atoms with E-state index in [-0.39, 0.29) is 0 Å². The van der Waals surface area contributed by atoms with Gasteiger partial charge < -0.3 is 5.01 Å². The average Bonchev–Trinajstić information content (AvgIpc) is 2.12. The molecule has 1 aliphatic rings. The van der Waals surface area contributed by atoms with Crippen molar-refractivity contribution in [2.75, 3.05) is 5.01 Å². The van der Waals surface area contributed by atoms with Gasteiger partial charge in [-0.2, -0.15) is 0 Å². The first-order valence-corrected chi connectivity index (χ1v) is 4.41. The number of hydrazine groups is 1. The summed E-state index contributed by atoms with van der Waals surface area (Å²) in [5.74, 6) is 5.92. The molecule has 0 radical (unpaired) electrons. The molecule has 0 bridgehead atoms. The first-order chi connectivity index (χ1) is 5.79. The van der Waals surface area contributed by atoms with Crippen molar-refractivity contribution in [2.45, 2.75) is 25.8 Å². The minimum atomic E-state index is 0.472. The Morgan fingerprint density at radius 3 is 3.00 bits per heavy atom. The van der Waals surface area contributed by atoms with Gasteiger partial charge in [-0.25, -0.2) is 5.84 Å². The lowest BCUT2D eigenvalue weighted by Gasteiger charge is -2.32. The fourth-order valence-electron chi connectivity index (χ4n) is 1.72. The van der Waals surface area contributed by atoms with E-state index in [4.69, 9.17) is 5.84 Å². The van der Waals surface area contributed by atoms with Crippen LogP contribution in [-0.2, 0) is 6.42 Å². The summed E-state index contributed by atoms with van der Waals surface area (Å²) in [7, 11) is 0. The number of para-hydroxylation sites is 1. The molecular formula is C10H14N2. The minimum Gasteiger partial charge on any atom is -0.308 e. The van der Waals surface area contributed by atoms with Gasteiger partial charge in [0.05, 0.1) is 5.69 Å². The van der Waals surface area contributed by atoms with E-state index in [1.54, 1.807) is 0 Å². The van der Waals surface area contributed by atoms with Gasteiger partial charge in [0.2, 0.25) is 0 Å². The zero-order valence-corrected chi connectivity index (χ0v) is 7.33. The quantitative estimate of drug-likeness (QED) is 0.588. The SMILES string of the molecule is CC1CCc2ccccc2N1N. The van der Waals surface area contributed by atoms with Crippen molar-refractivity contribution in [3.63, 3.8) is 0 Å². The van der Waals surface area contributed by atoms with Crippen molar-refractivity contribution < 1.29 is 0 Å². The molecule has 2 heteroatoms. The van der Waals surface area contributed by atoms with Gasteiger partial charge in [0.25, 0.3) is 0 Å². The van der Waals surface area contributed by atoms with Crippen LogP contribution in [0, 0.1) is 0 Å². The number of nitrogens with two attached hydrogens (primary N) is 1. The number of aryl methyl sites for hydroxylation is 1. The topological polar surface area (TPSA) is 29.3 Å². The van der Waals surface area contributed by atoms with E-state index < -0.39 is 0 Å². The Labute approximate surface area is 73.0 Å². The number of hydrogen-bond donors (Lipinski definition) is 1. The number of nitrogens with zero attached hydrogens (tertiary/aromatic N) is 1.